The number of hydrogen-bond acceptors (Lipinski definition) is 6. The summed E-state index contributed by atoms with van der Waals surface area (Å²) in [6.07, 6.45) is 4.73. The van der Waals surface area contributed by atoms with E-state index in [1.165, 1.54) is 11.3 Å². The summed E-state index contributed by atoms with van der Waals surface area (Å²) in [7, 11) is 5.77. The molecular formula is C19H29N5O2. The highest BCUT2D eigenvalue weighted by atomic mass is 16.5. The number of nitrogens with zero attached hydrogens (tertiary/aromatic N) is 4. The lowest BCUT2D eigenvalue weighted by Crippen LogP contribution is -2.49. The average molecular weight is 359 g/mol. The van der Waals surface area contributed by atoms with E-state index in [1.807, 2.05) is 30.2 Å². The first-order valence-corrected chi connectivity index (χ1v) is 9.10. The predicted octanol–water partition coefficient (Wildman–Crippen LogP) is 1.42. The Bertz CT molecular complexity index is 687. The first-order chi connectivity index (χ1) is 12.6. The second-order valence-corrected chi connectivity index (χ2v) is 6.94. The molecule has 3 heterocycles. The molecule has 7 nitrogen and oxygen atoms in total. The van der Waals surface area contributed by atoms with Gasteiger partial charge >= 0.3 is 0 Å². The van der Waals surface area contributed by atoms with Gasteiger partial charge in [0, 0.05) is 44.6 Å². The molecule has 1 aliphatic rings. The monoisotopic (exact) mass is 359 g/mol. The molecule has 3 atom stereocenters. The zero-order valence-corrected chi connectivity index (χ0v) is 16.1. The van der Waals surface area contributed by atoms with Crippen molar-refractivity contribution < 1.29 is 9.47 Å². The van der Waals surface area contributed by atoms with Crippen LogP contribution in [0.5, 0.6) is 5.88 Å². The van der Waals surface area contributed by atoms with Crippen LogP contribution in [0.15, 0.2) is 30.6 Å². The van der Waals surface area contributed by atoms with Gasteiger partial charge in [-0.1, -0.05) is 6.07 Å². The average Bonchev–Trinajstić information content (AvgIpc) is 3.06. The highest BCUT2D eigenvalue weighted by Gasteiger charge is 2.33. The second-order valence-electron chi connectivity index (χ2n) is 6.94. The molecule has 1 saturated heterocycles. The summed E-state index contributed by atoms with van der Waals surface area (Å²) in [6.45, 7) is 4.67. The fourth-order valence-corrected chi connectivity index (χ4v) is 3.52. The fourth-order valence-electron chi connectivity index (χ4n) is 3.52. The van der Waals surface area contributed by atoms with E-state index in [-0.39, 0.29) is 12.1 Å². The van der Waals surface area contributed by atoms with E-state index in [0.29, 0.717) is 11.9 Å². The maximum atomic E-state index is 6.10. The maximum absolute atomic E-state index is 6.10. The summed E-state index contributed by atoms with van der Waals surface area (Å²) in [5.41, 5.74) is 2.38. The fraction of sp³-hybridized carbons (Fsp3) is 0.579. The second kappa shape index (κ2) is 8.62. The summed E-state index contributed by atoms with van der Waals surface area (Å²) in [5.74, 6) is 0.645. The number of likely N-dealkylation sites (N-methyl/N-ethyl adjacent to an activating group) is 1. The van der Waals surface area contributed by atoms with Crippen LogP contribution in [0.3, 0.4) is 0 Å². The molecule has 0 radical (unpaired) electrons. The van der Waals surface area contributed by atoms with Crippen molar-refractivity contribution in [1.29, 1.82) is 0 Å². The Morgan fingerprint density at radius 3 is 2.85 bits per heavy atom. The summed E-state index contributed by atoms with van der Waals surface area (Å²) >= 11 is 0. The molecule has 1 unspecified atom stereocenters. The molecule has 0 aliphatic carbocycles. The number of rotatable bonds is 7. The Balaban J connectivity index is 1.58. The number of morpholine rings is 1. The van der Waals surface area contributed by atoms with E-state index < -0.39 is 0 Å². The molecule has 7 heteroatoms. The minimum absolute atomic E-state index is 0.0978. The molecular weight excluding hydrogens is 330 g/mol. The number of hydrogen-bond donors (Lipinski definition) is 1. The molecule has 0 spiro atoms. The van der Waals surface area contributed by atoms with Crippen LogP contribution in [-0.4, -0.2) is 65.7 Å². The minimum atomic E-state index is 0.0978. The molecule has 3 rings (SSSR count). The number of aromatic nitrogens is 3. The van der Waals surface area contributed by atoms with Gasteiger partial charge in [-0.25, -0.2) is 4.98 Å². The van der Waals surface area contributed by atoms with Crippen molar-refractivity contribution in [3.8, 4) is 5.88 Å². The largest absolute Gasteiger partial charge is 0.481 e. The number of nitrogens with one attached hydrogen (secondary N) is 1. The Kier molecular flexibility index (Phi) is 6.24. The molecule has 1 aliphatic heterocycles. The third-order valence-corrected chi connectivity index (χ3v) is 4.98. The minimum Gasteiger partial charge on any atom is -0.481 e. The van der Waals surface area contributed by atoms with Gasteiger partial charge in [-0.3, -0.25) is 9.58 Å². The van der Waals surface area contributed by atoms with Crippen molar-refractivity contribution in [2.45, 2.75) is 31.5 Å². The molecule has 142 valence electrons. The Morgan fingerprint density at radius 1 is 1.35 bits per heavy atom. The van der Waals surface area contributed by atoms with Gasteiger partial charge in [-0.2, -0.15) is 5.10 Å². The van der Waals surface area contributed by atoms with Crippen LogP contribution in [0.25, 0.3) is 0 Å². The van der Waals surface area contributed by atoms with Gasteiger partial charge in [0.2, 0.25) is 5.88 Å². The SMILES string of the molecule is COc1ccc(CC(C)NC[C@@H]2OCCN(C)[C@H]2c2ccnn2C)cn1. The van der Waals surface area contributed by atoms with Gasteiger partial charge in [-0.05, 0) is 32.0 Å². The lowest BCUT2D eigenvalue weighted by atomic mass is 10.0. The third-order valence-electron chi connectivity index (χ3n) is 4.98. The Labute approximate surface area is 155 Å². The van der Waals surface area contributed by atoms with E-state index in [2.05, 4.69) is 46.4 Å². The van der Waals surface area contributed by atoms with Crippen LogP contribution < -0.4 is 10.1 Å². The molecule has 0 saturated carbocycles. The van der Waals surface area contributed by atoms with Crippen molar-refractivity contribution in [1.82, 2.24) is 25.0 Å². The normalized spacial score (nSPS) is 22.3. The zero-order valence-electron chi connectivity index (χ0n) is 16.1. The molecule has 0 aromatic carbocycles. The first kappa shape index (κ1) is 18.8. The smallest absolute Gasteiger partial charge is 0.212 e. The number of ether oxygens (including phenoxy) is 2. The maximum Gasteiger partial charge on any atom is 0.212 e. The van der Waals surface area contributed by atoms with Crippen LogP contribution in [0.4, 0.5) is 0 Å². The topological polar surface area (TPSA) is 64.4 Å². The summed E-state index contributed by atoms with van der Waals surface area (Å²) in [4.78, 5) is 6.63. The zero-order chi connectivity index (χ0) is 18.5. The lowest BCUT2D eigenvalue weighted by molar-refractivity contribution is -0.0645. The van der Waals surface area contributed by atoms with Crippen LogP contribution in [-0.2, 0) is 18.2 Å². The van der Waals surface area contributed by atoms with Gasteiger partial charge in [0.15, 0.2) is 0 Å². The van der Waals surface area contributed by atoms with E-state index >= 15 is 0 Å². The van der Waals surface area contributed by atoms with Crippen LogP contribution in [0, 0.1) is 0 Å². The first-order valence-electron chi connectivity index (χ1n) is 9.10. The summed E-state index contributed by atoms with van der Waals surface area (Å²) in [5, 5.41) is 7.94. The highest BCUT2D eigenvalue weighted by molar-refractivity contribution is 5.18. The van der Waals surface area contributed by atoms with Gasteiger partial charge < -0.3 is 14.8 Å². The quantitative estimate of drug-likeness (QED) is 0.807. The van der Waals surface area contributed by atoms with E-state index in [1.54, 1.807) is 7.11 Å². The standard InChI is InChI=1S/C19H29N5O2/c1-14(11-15-5-6-18(25-4)21-12-15)20-13-17-19(23(2)9-10-26-17)16-7-8-22-24(16)3/h5-8,12,14,17,19-20H,9-11,13H2,1-4H3/t14?,17-,19-/m0/s1. The van der Waals surface area contributed by atoms with Crippen LogP contribution in [0.2, 0.25) is 0 Å². The lowest BCUT2D eigenvalue weighted by Gasteiger charge is -2.39. The van der Waals surface area contributed by atoms with Gasteiger partial charge in [0.1, 0.15) is 0 Å². The molecule has 0 amide bonds. The molecule has 1 N–H and O–H groups in total. The van der Waals surface area contributed by atoms with E-state index in [0.717, 1.165) is 26.1 Å². The molecule has 2 aromatic rings. The van der Waals surface area contributed by atoms with Crippen molar-refractivity contribution in [2.75, 3.05) is 33.9 Å². The summed E-state index contributed by atoms with van der Waals surface area (Å²) in [6, 6.07) is 6.58. The Morgan fingerprint density at radius 2 is 2.19 bits per heavy atom. The number of pyridine rings is 1. The van der Waals surface area contributed by atoms with Gasteiger partial charge in [0.05, 0.1) is 31.6 Å². The van der Waals surface area contributed by atoms with Crippen molar-refractivity contribution in [3.05, 3.63) is 41.9 Å². The van der Waals surface area contributed by atoms with Crippen LogP contribution >= 0.6 is 0 Å². The van der Waals surface area contributed by atoms with Crippen molar-refractivity contribution in [2.24, 2.45) is 7.05 Å². The van der Waals surface area contributed by atoms with E-state index in [9.17, 15) is 0 Å². The molecule has 26 heavy (non-hydrogen) atoms. The summed E-state index contributed by atoms with van der Waals surface area (Å²) < 4.78 is 13.1. The molecule has 0 bridgehead atoms. The number of aryl methyl sites for hydroxylation is 1. The highest BCUT2D eigenvalue weighted by Crippen LogP contribution is 2.27. The van der Waals surface area contributed by atoms with Crippen molar-refractivity contribution in [3.63, 3.8) is 0 Å². The third kappa shape index (κ3) is 4.41. The predicted molar refractivity (Wildman–Crippen MR) is 100 cm³/mol. The van der Waals surface area contributed by atoms with Crippen molar-refractivity contribution >= 4 is 0 Å². The molecule has 1 fully saturated rings. The van der Waals surface area contributed by atoms with E-state index in [4.69, 9.17) is 9.47 Å². The Hall–Kier alpha value is -1.96. The number of methoxy groups -OCH3 is 1. The molecule has 2 aromatic heterocycles. The van der Waals surface area contributed by atoms with Crippen LogP contribution in [0.1, 0.15) is 24.2 Å². The van der Waals surface area contributed by atoms with Gasteiger partial charge in [-0.15, -0.1) is 0 Å². The van der Waals surface area contributed by atoms with Gasteiger partial charge in [0.25, 0.3) is 0 Å².